The molecule has 1 aliphatic carbocycles. The van der Waals surface area contributed by atoms with E-state index in [1.807, 2.05) is 6.08 Å². The highest BCUT2D eigenvalue weighted by Gasteiger charge is 2.22. The lowest BCUT2D eigenvalue weighted by Gasteiger charge is -2.29. The normalized spacial score (nSPS) is 20.5. The number of hydrogen-bond donors (Lipinski definition) is 0. The summed E-state index contributed by atoms with van der Waals surface area (Å²) < 4.78 is 0. The summed E-state index contributed by atoms with van der Waals surface area (Å²) in [5.41, 5.74) is 4.63. The van der Waals surface area contributed by atoms with Crippen molar-refractivity contribution in [2.45, 2.75) is 84.0 Å². The van der Waals surface area contributed by atoms with Gasteiger partial charge in [-0.1, -0.05) is 56.9 Å². The maximum atomic E-state index is 3.82. The molecule has 1 fully saturated rings. The van der Waals surface area contributed by atoms with Gasteiger partial charge in [0.25, 0.3) is 0 Å². The molecule has 1 aromatic carbocycles. The lowest BCUT2D eigenvalue weighted by atomic mass is 9.76. The van der Waals surface area contributed by atoms with E-state index in [9.17, 15) is 0 Å². The number of hydrogen-bond acceptors (Lipinski definition) is 1. The highest BCUT2D eigenvalue weighted by molar-refractivity contribution is 5.33. The van der Waals surface area contributed by atoms with Crippen molar-refractivity contribution in [2.75, 3.05) is 20.1 Å². The summed E-state index contributed by atoms with van der Waals surface area (Å²) in [6.07, 6.45) is 15.8. The minimum atomic E-state index is 0.809. The first-order valence-electron chi connectivity index (χ1n) is 11.0. The van der Waals surface area contributed by atoms with Crippen LogP contribution in [0.3, 0.4) is 0 Å². The van der Waals surface area contributed by atoms with Crippen molar-refractivity contribution in [1.29, 1.82) is 0 Å². The van der Waals surface area contributed by atoms with Crippen LogP contribution in [0.15, 0.2) is 30.9 Å². The molecule has 146 valence electrons. The van der Waals surface area contributed by atoms with Gasteiger partial charge in [0.2, 0.25) is 0 Å². The molecule has 1 aliphatic rings. The van der Waals surface area contributed by atoms with Crippen molar-refractivity contribution in [3.8, 4) is 0 Å². The van der Waals surface area contributed by atoms with Gasteiger partial charge in [-0.15, -0.1) is 6.58 Å². The summed E-state index contributed by atoms with van der Waals surface area (Å²) in [7, 11) is 2.18. The molecule has 0 spiro atoms. The van der Waals surface area contributed by atoms with Gasteiger partial charge in [-0.05, 0) is 87.6 Å². The SMILES string of the molecule is C=CCN(C)CCCc1ccc(C2CCC(CCCCC)CC2)cc1C. The van der Waals surface area contributed by atoms with E-state index in [1.54, 1.807) is 5.56 Å². The maximum Gasteiger partial charge on any atom is 0.0157 e. The molecule has 26 heavy (non-hydrogen) atoms. The van der Waals surface area contributed by atoms with Gasteiger partial charge in [-0.2, -0.15) is 0 Å². The van der Waals surface area contributed by atoms with Gasteiger partial charge in [0, 0.05) is 6.54 Å². The quantitative estimate of drug-likeness (QED) is 0.308. The van der Waals surface area contributed by atoms with Crippen LogP contribution in [0.1, 0.15) is 87.3 Å². The molecular formula is C25H41N. The average molecular weight is 356 g/mol. The fourth-order valence-corrected chi connectivity index (χ4v) is 4.57. The largest absolute Gasteiger partial charge is 0.303 e. The van der Waals surface area contributed by atoms with E-state index < -0.39 is 0 Å². The summed E-state index contributed by atoms with van der Waals surface area (Å²) in [4.78, 5) is 2.34. The molecule has 0 amide bonds. The zero-order valence-electron chi connectivity index (χ0n) is 17.6. The second-order valence-corrected chi connectivity index (χ2v) is 8.55. The lowest BCUT2D eigenvalue weighted by Crippen LogP contribution is -2.19. The number of benzene rings is 1. The Morgan fingerprint density at radius 3 is 2.54 bits per heavy atom. The first-order valence-corrected chi connectivity index (χ1v) is 11.0. The van der Waals surface area contributed by atoms with E-state index in [0.29, 0.717) is 0 Å². The Morgan fingerprint density at radius 1 is 1.12 bits per heavy atom. The van der Waals surface area contributed by atoms with E-state index in [1.165, 1.54) is 75.3 Å². The third kappa shape index (κ3) is 6.91. The fourth-order valence-electron chi connectivity index (χ4n) is 4.57. The highest BCUT2D eigenvalue weighted by atomic mass is 15.1. The predicted octanol–water partition coefficient (Wildman–Crippen LogP) is 6.90. The molecule has 0 heterocycles. The minimum absolute atomic E-state index is 0.809. The van der Waals surface area contributed by atoms with Crippen LogP contribution in [0, 0.1) is 12.8 Å². The van der Waals surface area contributed by atoms with Crippen molar-refractivity contribution < 1.29 is 0 Å². The second-order valence-electron chi connectivity index (χ2n) is 8.55. The zero-order valence-corrected chi connectivity index (χ0v) is 17.6. The van der Waals surface area contributed by atoms with Crippen LogP contribution in [0.2, 0.25) is 0 Å². The Labute approximate surface area is 162 Å². The molecule has 1 aromatic rings. The molecule has 0 radical (unpaired) electrons. The molecule has 0 N–H and O–H groups in total. The van der Waals surface area contributed by atoms with Crippen molar-refractivity contribution in [2.24, 2.45) is 5.92 Å². The van der Waals surface area contributed by atoms with Crippen LogP contribution >= 0.6 is 0 Å². The van der Waals surface area contributed by atoms with Crippen molar-refractivity contribution in [1.82, 2.24) is 4.90 Å². The Bertz CT molecular complexity index is 525. The summed E-state index contributed by atoms with van der Waals surface area (Å²) in [6, 6.07) is 7.33. The molecule has 2 rings (SSSR count). The molecule has 0 saturated heterocycles. The van der Waals surface area contributed by atoms with E-state index in [2.05, 4.69) is 50.6 Å². The number of aryl methyl sites for hydroxylation is 2. The fraction of sp³-hybridized carbons (Fsp3) is 0.680. The second kappa shape index (κ2) is 11.6. The van der Waals surface area contributed by atoms with E-state index >= 15 is 0 Å². The molecule has 0 bridgehead atoms. The van der Waals surface area contributed by atoms with Gasteiger partial charge in [-0.3, -0.25) is 0 Å². The number of unbranched alkanes of at least 4 members (excludes halogenated alkanes) is 2. The summed E-state index contributed by atoms with van der Waals surface area (Å²) in [5.74, 6) is 1.81. The van der Waals surface area contributed by atoms with Crippen LogP contribution in [0.5, 0.6) is 0 Å². The average Bonchev–Trinajstić information content (AvgIpc) is 2.64. The molecule has 0 aliphatic heterocycles. The Hall–Kier alpha value is -1.08. The van der Waals surface area contributed by atoms with Crippen molar-refractivity contribution >= 4 is 0 Å². The van der Waals surface area contributed by atoms with Crippen LogP contribution in [-0.4, -0.2) is 25.0 Å². The molecular weight excluding hydrogens is 314 g/mol. The Balaban J connectivity index is 1.79. The first-order chi connectivity index (χ1) is 12.6. The Morgan fingerprint density at radius 2 is 1.88 bits per heavy atom. The maximum absolute atomic E-state index is 3.82. The van der Waals surface area contributed by atoms with Crippen molar-refractivity contribution in [3.63, 3.8) is 0 Å². The third-order valence-electron chi connectivity index (χ3n) is 6.33. The third-order valence-corrected chi connectivity index (χ3v) is 6.33. The molecule has 1 heteroatoms. The topological polar surface area (TPSA) is 3.24 Å². The van der Waals surface area contributed by atoms with Crippen molar-refractivity contribution in [3.05, 3.63) is 47.5 Å². The van der Waals surface area contributed by atoms with Crippen LogP contribution in [0.25, 0.3) is 0 Å². The van der Waals surface area contributed by atoms with Crippen LogP contribution in [0.4, 0.5) is 0 Å². The van der Waals surface area contributed by atoms with E-state index in [4.69, 9.17) is 0 Å². The van der Waals surface area contributed by atoms with E-state index in [-0.39, 0.29) is 0 Å². The minimum Gasteiger partial charge on any atom is -0.303 e. The summed E-state index contributed by atoms with van der Waals surface area (Å²) >= 11 is 0. The van der Waals surface area contributed by atoms with Gasteiger partial charge in [0.1, 0.15) is 0 Å². The smallest absolute Gasteiger partial charge is 0.0157 e. The van der Waals surface area contributed by atoms with Gasteiger partial charge in [0.15, 0.2) is 0 Å². The Kier molecular flexibility index (Phi) is 9.46. The zero-order chi connectivity index (χ0) is 18.8. The molecule has 0 atom stereocenters. The standard InChI is InChI=1S/C25H41N/c1-5-7-8-10-22-12-14-24(15-13-22)25-17-16-23(21(3)20-25)11-9-19-26(4)18-6-2/h6,16-17,20,22,24H,2,5,7-15,18-19H2,1,3-4H3. The molecule has 1 saturated carbocycles. The summed E-state index contributed by atoms with van der Waals surface area (Å²) in [5, 5.41) is 0. The molecule has 1 nitrogen and oxygen atoms in total. The van der Waals surface area contributed by atoms with E-state index in [0.717, 1.165) is 24.9 Å². The summed E-state index contributed by atoms with van der Waals surface area (Å²) in [6.45, 7) is 10.6. The van der Waals surface area contributed by atoms with Gasteiger partial charge >= 0.3 is 0 Å². The van der Waals surface area contributed by atoms with Crippen LogP contribution < -0.4 is 0 Å². The lowest BCUT2D eigenvalue weighted by molar-refractivity contribution is 0.302. The monoisotopic (exact) mass is 355 g/mol. The van der Waals surface area contributed by atoms with Crippen LogP contribution in [-0.2, 0) is 6.42 Å². The first kappa shape index (κ1) is 21.2. The predicted molar refractivity (Wildman–Crippen MR) is 116 cm³/mol. The number of likely N-dealkylation sites (N-methyl/N-ethyl adjacent to an activating group) is 1. The number of rotatable bonds is 11. The van der Waals surface area contributed by atoms with Gasteiger partial charge in [0.05, 0.1) is 0 Å². The molecule has 0 unspecified atom stereocenters. The molecule has 0 aromatic heterocycles. The number of nitrogens with zero attached hydrogens (tertiary/aromatic N) is 1. The van der Waals surface area contributed by atoms with Gasteiger partial charge in [-0.25, -0.2) is 0 Å². The van der Waals surface area contributed by atoms with Gasteiger partial charge < -0.3 is 4.90 Å². The highest BCUT2D eigenvalue weighted by Crippen LogP contribution is 2.38.